The molecule has 0 atom stereocenters. The second-order valence-electron chi connectivity index (χ2n) is 9.99. The van der Waals surface area contributed by atoms with Crippen LogP contribution in [0.15, 0.2) is 24.3 Å². The molecule has 0 aliphatic carbocycles. The van der Waals surface area contributed by atoms with Gasteiger partial charge in [-0.25, -0.2) is 0 Å². The van der Waals surface area contributed by atoms with Crippen molar-refractivity contribution in [1.29, 1.82) is 0 Å². The zero-order valence-corrected chi connectivity index (χ0v) is 22.6. The molecule has 0 spiro atoms. The summed E-state index contributed by atoms with van der Waals surface area (Å²) in [5, 5.41) is 0. The minimum Gasteiger partial charge on any atom is -0.0882 e. The molecule has 0 bridgehead atoms. The molecule has 0 fully saturated rings. The maximum absolute atomic E-state index is 2.57. The van der Waals surface area contributed by atoms with Crippen LogP contribution < -0.4 is 0 Å². The maximum Gasteiger partial charge on any atom is -0.0169 e. The third-order valence-corrected chi connectivity index (χ3v) is 6.62. The highest BCUT2D eigenvalue weighted by Gasteiger charge is 1.95. The van der Waals surface area contributed by atoms with E-state index < -0.39 is 0 Å². The van der Waals surface area contributed by atoms with Gasteiger partial charge in [0.25, 0.3) is 0 Å². The number of unbranched alkanes of at least 4 members (excludes halogenated alkanes) is 23. The number of hydrogen-bond acceptors (Lipinski definition) is 0. The molecule has 32 heavy (non-hydrogen) atoms. The van der Waals surface area contributed by atoms with Gasteiger partial charge in [0, 0.05) is 0 Å². The van der Waals surface area contributed by atoms with Crippen molar-refractivity contribution in [2.45, 2.75) is 174 Å². The van der Waals surface area contributed by atoms with Gasteiger partial charge in [0.1, 0.15) is 0 Å². The Hall–Kier alpha value is -0.520. The van der Waals surface area contributed by atoms with E-state index >= 15 is 0 Å². The molecule has 0 rings (SSSR count). The molecule has 189 valence electrons. The van der Waals surface area contributed by atoms with E-state index in [0.29, 0.717) is 0 Å². The SMILES string of the molecule is CCCCC/C=C\C/C=C\CCCCCCCC[CH]CCCCCCCCCCCCC. The van der Waals surface area contributed by atoms with Gasteiger partial charge in [-0.15, -0.1) is 0 Å². The second-order valence-corrected chi connectivity index (χ2v) is 9.99. The monoisotopic (exact) mass is 445 g/mol. The molecule has 0 aromatic heterocycles. The van der Waals surface area contributed by atoms with Gasteiger partial charge >= 0.3 is 0 Å². The van der Waals surface area contributed by atoms with Crippen molar-refractivity contribution < 1.29 is 0 Å². The molecule has 0 amide bonds. The normalized spacial score (nSPS) is 11.9. The lowest BCUT2D eigenvalue weighted by molar-refractivity contribution is 0.545. The Bertz CT molecular complexity index is 364. The van der Waals surface area contributed by atoms with Crippen LogP contribution in [0.4, 0.5) is 0 Å². The van der Waals surface area contributed by atoms with Crippen LogP contribution in [0, 0.1) is 6.42 Å². The van der Waals surface area contributed by atoms with Crippen molar-refractivity contribution in [1.82, 2.24) is 0 Å². The molecular formula is C32H61. The van der Waals surface area contributed by atoms with Crippen molar-refractivity contribution in [3.8, 4) is 0 Å². The molecule has 0 aliphatic rings. The summed E-state index contributed by atoms with van der Waals surface area (Å²) in [6, 6.07) is 0. The van der Waals surface area contributed by atoms with E-state index in [1.54, 1.807) is 0 Å². The Morgan fingerprint density at radius 3 is 1.06 bits per heavy atom. The smallest absolute Gasteiger partial charge is 0.0169 e. The lowest BCUT2D eigenvalue weighted by Gasteiger charge is -2.03. The zero-order valence-electron chi connectivity index (χ0n) is 22.6. The Balaban J connectivity index is 3.08. The summed E-state index contributed by atoms with van der Waals surface area (Å²) in [5.74, 6) is 0. The summed E-state index contributed by atoms with van der Waals surface area (Å²) in [5.41, 5.74) is 0. The quantitative estimate of drug-likeness (QED) is 0.0870. The highest BCUT2D eigenvalue weighted by Crippen LogP contribution is 2.14. The van der Waals surface area contributed by atoms with Gasteiger partial charge < -0.3 is 0 Å². The minimum absolute atomic E-state index is 1.13. The number of allylic oxidation sites excluding steroid dienone is 4. The van der Waals surface area contributed by atoms with Crippen LogP contribution in [0.5, 0.6) is 0 Å². The lowest BCUT2D eigenvalue weighted by atomic mass is 10.0. The predicted octanol–water partition coefficient (Wildman–Crippen LogP) is 12.1. The van der Waals surface area contributed by atoms with E-state index in [1.807, 2.05) is 0 Å². The molecule has 1 radical (unpaired) electrons. The predicted molar refractivity (Wildman–Crippen MR) is 149 cm³/mol. The second kappa shape index (κ2) is 30.5. The molecule has 0 aromatic rings. The Labute approximate surface area is 205 Å². The van der Waals surface area contributed by atoms with Crippen molar-refractivity contribution in [2.24, 2.45) is 0 Å². The van der Waals surface area contributed by atoms with E-state index in [-0.39, 0.29) is 0 Å². The molecule has 0 N–H and O–H groups in total. The van der Waals surface area contributed by atoms with Gasteiger partial charge in [-0.2, -0.15) is 0 Å². The van der Waals surface area contributed by atoms with E-state index in [1.165, 1.54) is 154 Å². The maximum atomic E-state index is 2.57. The van der Waals surface area contributed by atoms with Crippen LogP contribution in [0.25, 0.3) is 0 Å². The summed E-state index contributed by atoms with van der Waals surface area (Å²) in [6.07, 6.45) is 46.9. The standard InChI is InChI=1S/C32H61/c1-3-5-7-9-11-13-15-17-19-21-23-25-27-29-31-32-30-28-26-24-22-20-18-16-14-12-10-8-6-4-2/h11,13,17,19,28H,3-10,12,14-16,18,20-27,29-32H2,1-2H3/b13-11-,19-17-. The lowest BCUT2D eigenvalue weighted by Crippen LogP contribution is -1.84. The highest BCUT2D eigenvalue weighted by atomic mass is 14.0. The van der Waals surface area contributed by atoms with Crippen LogP contribution in [0.2, 0.25) is 0 Å². The fourth-order valence-electron chi connectivity index (χ4n) is 4.37. The molecule has 0 nitrogen and oxygen atoms in total. The molecule has 0 saturated heterocycles. The van der Waals surface area contributed by atoms with Crippen molar-refractivity contribution in [2.75, 3.05) is 0 Å². The van der Waals surface area contributed by atoms with Gasteiger partial charge in [-0.05, 0) is 38.5 Å². The molecule has 0 aliphatic heterocycles. The van der Waals surface area contributed by atoms with E-state index in [9.17, 15) is 0 Å². The fraction of sp³-hybridized carbons (Fsp3) is 0.844. The third kappa shape index (κ3) is 29.5. The first-order valence-corrected chi connectivity index (χ1v) is 15.0. The zero-order chi connectivity index (χ0) is 23.2. The molecule has 0 heterocycles. The molecule has 0 saturated carbocycles. The number of hydrogen-bond donors (Lipinski definition) is 0. The third-order valence-electron chi connectivity index (χ3n) is 6.62. The Morgan fingerprint density at radius 1 is 0.312 bits per heavy atom. The van der Waals surface area contributed by atoms with Crippen LogP contribution in [0.3, 0.4) is 0 Å². The van der Waals surface area contributed by atoms with Crippen LogP contribution in [0.1, 0.15) is 174 Å². The summed E-state index contributed by atoms with van der Waals surface area (Å²) < 4.78 is 0. The molecule has 0 heteroatoms. The van der Waals surface area contributed by atoms with Gasteiger partial charge in [0.05, 0.1) is 0 Å². The minimum atomic E-state index is 1.13. The topological polar surface area (TPSA) is 0 Å². The average molecular weight is 446 g/mol. The van der Waals surface area contributed by atoms with E-state index in [2.05, 4.69) is 44.6 Å². The van der Waals surface area contributed by atoms with Crippen molar-refractivity contribution in [3.05, 3.63) is 30.7 Å². The first kappa shape index (κ1) is 31.5. The largest absolute Gasteiger partial charge is 0.0882 e. The summed E-state index contributed by atoms with van der Waals surface area (Å²) >= 11 is 0. The summed E-state index contributed by atoms with van der Waals surface area (Å²) in [7, 11) is 0. The van der Waals surface area contributed by atoms with Crippen LogP contribution >= 0.6 is 0 Å². The van der Waals surface area contributed by atoms with Gasteiger partial charge in [-0.3, -0.25) is 0 Å². The Morgan fingerprint density at radius 2 is 0.625 bits per heavy atom. The van der Waals surface area contributed by atoms with E-state index in [4.69, 9.17) is 0 Å². The first-order valence-electron chi connectivity index (χ1n) is 15.0. The van der Waals surface area contributed by atoms with Crippen LogP contribution in [-0.2, 0) is 0 Å². The average Bonchev–Trinajstić information content (AvgIpc) is 2.81. The Kier molecular flexibility index (Phi) is 30.0. The van der Waals surface area contributed by atoms with Gasteiger partial charge in [0.2, 0.25) is 0 Å². The summed E-state index contributed by atoms with van der Waals surface area (Å²) in [6.45, 7) is 4.57. The van der Waals surface area contributed by atoms with Crippen molar-refractivity contribution in [3.63, 3.8) is 0 Å². The molecule has 0 unspecified atom stereocenters. The van der Waals surface area contributed by atoms with Crippen molar-refractivity contribution >= 4 is 0 Å². The van der Waals surface area contributed by atoms with Gasteiger partial charge in [-0.1, -0.05) is 167 Å². The first-order chi connectivity index (χ1) is 15.9. The number of rotatable bonds is 27. The molecular weight excluding hydrogens is 384 g/mol. The highest BCUT2D eigenvalue weighted by molar-refractivity contribution is 4.92. The fourth-order valence-corrected chi connectivity index (χ4v) is 4.37. The van der Waals surface area contributed by atoms with Crippen LogP contribution in [-0.4, -0.2) is 0 Å². The molecule has 0 aromatic carbocycles. The van der Waals surface area contributed by atoms with E-state index in [0.717, 1.165) is 6.42 Å². The van der Waals surface area contributed by atoms with Gasteiger partial charge in [0.15, 0.2) is 0 Å². The summed E-state index contributed by atoms with van der Waals surface area (Å²) in [4.78, 5) is 0.